The van der Waals surface area contributed by atoms with Gasteiger partial charge in [0.15, 0.2) is 0 Å². The van der Waals surface area contributed by atoms with Gasteiger partial charge in [-0.05, 0) is 51.7 Å². The van der Waals surface area contributed by atoms with Crippen LogP contribution in [0.4, 0.5) is 0 Å². The first kappa shape index (κ1) is 13.1. The highest BCUT2D eigenvalue weighted by Gasteiger charge is 2.34. The molecule has 1 aliphatic heterocycles. The van der Waals surface area contributed by atoms with E-state index >= 15 is 0 Å². The van der Waals surface area contributed by atoms with Crippen molar-refractivity contribution in [2.24, 2.45) is 5.73 Å². The third kappa shape index (κ3) is 3.30. The largest absolute Gasteiger partial charge is 0.329 e. The Kier molecular flexibility index (Phi) is 4.60. The van der Waals surface area contributed by atoms with Crippen LogP contribution in [0, 0.1) is 0 Å². The highest BCUT2D eigenvalue weighted by molar-refractivity contribution is 5.03. The Bertz CT molecular complexity index is 246. The van der Waals surface area contributed by atoms with Gasteiger partial charge in [-0.15, -0.1) is 0 Å². The number of nitrogens with one attached hydrogen (secondary N) is 1. The fourth-order valence-corrected chi connectivity index (χ4v) is 3.10. The summed E-state index contributed by atoms with van der Waals surface area (Å²) in [5, 5.41) is 3.83. The molecular formula is C14H27N3. The fraction of sp³-hybridized carbons (Fsp3) is 0.857. The van der Waals surface area contributed by atoms with Gasteiger partial charge in [0.2, 0.25) is 0 Å². The van der Waals surface area contributed by atoms with E-state index in [4.69, 9.17) is 5.73 Å². The maximum atomic E-state index is 6.03. The van der Waals surface area contributed by atoms with Gasteiger partial charge in [-0.2, -0.15) is 0 Å². The monoisotopic (exact) mass is 237 g/mol. The molecule has 3 heteroatoms. The summed E-state index contributed by atoms with van der Waals surface area (Å²) in [5.74, 6) is 0. The molecule has 0 bridgehead atoms. The molecule has 0 spiro atoms. The van der Waals surface area contributed by atoms with Gasteiger partial charge in [-0.25, -0.2) is 0 Å². The molecule has 1 aliphatic carbocycles. The predicted octanol–water partition coefficient (Wildman–Crippen LogP) is 1.50. The maximum Gasteiger partial charge on any atom is 0.0331 e. The Morgan fingerprint density at radius 1 is 1.29 bits per heavy atom. The minimum atomic E-state index is 0.209. The predicted molar refractivity (Wildman–Crippen MR) is 73.0 cm³/mol. The lowest BCUT2D eigenvalue weighted by Crippen LogP contribution is -2.60. The summed E-state index contributed by atoms with van der Waals surface area (Å²) in [4.78, 5) is 2.57. The Balaban J connectivity index is 1.84. The molecule has 17 heavy (non-hydrogen) atoms. The first-order valence-electron chi connectivity index (χ1n) is 7.13. The van der Waals surface area contributed by atoms with Crippen molar-refractivity contribution < 1.29 is 0 Å². The van der Waals surface area contributed by atoms with Gasteiger partial charge in [0.05, 0.1) is 0 Å². The topological polar surface area (TPSA) is 41.3 Å². The van der Waals surface area contributed by atoms with Crippen molar-refractivity contribution in [3.05, 3.63) is 12.2 Å². The van der Waals surface area contributed by atoms with Crippen LogP contribution >= 0.6 is 0 Å². The molecule has 0 aromatic rings. The van der Waals surface area contributed by atoms with Gasteiger partial charge < -0.3 is 16.0 Å². The number of likely N-dealkylation sites (tertiary alicyclic amines) is 1. The lowest BCUT2D eigenvalue weighted by Gasteiger charge is -2.43. The highest BCUT2D eigenvalue weighted by atomic mass is 15.2. The lowest BCUT2D eigenvalue weighted by atomic mass is 9.86. The minimum absolute atomic E-state index is 0.209. The van der Waals surface area contributed by atoms with Crippen molar-refractivity contribution in [2.45, 2.75) is 50.6 Å². The van der Waals surface area contributed by atoms with Crippen molar-refractivity contribution in [1.82, 2.24) is 10.2 Å². The second-order valence-corrected chi connectivity index (χ2v) is 5.61. The summed E-state index contributed by atoms with van der Waals surface area (Å²) in [6, 6.07) is 0.635. The van der Waals surface area contributed by atoms with Gasteiger partial charge in [0.1, 0.15) is 0 Å². The summed E-state index contributed by atoms with van der Waals surface area (Å²) in [6.45, 7) is 6.69. The molecule has 0 unspecified atom stereocenters. The molecule has 0 aromatic carbocycles. The van der Waals surface area contributed by atoms with E-state index in [0.717, 1.165) is 6.54 Å². The van der Waals surface area contributed by atoms with Crippen LogP contribution in [-0.2, 0) is 0 Å². The summed E-state index contributed by atoms with van der Waals surface area (Å²) < 4.78 is 0. The average molecular weight is 237 g/mol. The minimum Gasteiger partial charge on any atom is -0.329 e. The molecule has 0 atom stereocenters. The molecule has 1 fully saturated rings. The molecule has 98 valence electrons. The van der Waals surface area contributed by atoms with Crippen LogP contribution in [0.2, 0.25) is 0 Å². The quantitative estimate of drug-likeness (QED) is 0.712. The van der Waals surface area contributed by atoms with Gasteiger partial charge in [0, 0.05) is 18.1 Å². The third-order valence-corrected chi connectivity index (χ3v) is 4.26. The molecule has 3 N–H and O–H groups in total. The van der Waals surface area contributed by atoms with Crippen LogP contribution in [0.1, 0.15) is 39.0 Å². The number of hydrogen-bond acceptors (Lipinski definition) is 3. The Morgan fingerprint density at radius 3 is 2.47 bits per heavy atom. The SMILES string of the molecule is CCCN1CCC(CN)(NC2CC=CC2)CC1. The molecule has 0 radical (unpaired) electrons. The second kappa shape index (κ2) is 5.98. The van der Waals surface area contributed by atoms with Crippen LogP contribution in [0.25, 0.3) is 0 Å². The maximum absolute atomic E-state index is 6.03. The molecule has 0 aromatic heterocycles. The van der Waals surface area contributed by atoms with Gasteiger partial charge in [-0.3, -0.25) is 0 Å². The van der Waals surface area contributed by atoms with E-state index in [2.05, 4.69) is 29.3 Å². The normalized spacial score (nSPS) is 25.5. The summed E-state index contributed by atoms with van der Waals surface area (Å²) in [7, 11) is 0. The zero-order valence-electron chi connectivity index (χ0n) is 11.1. The van der Waals surface area contributed by atoms with Gasteiger partial charge >= 0.3 is 0 Å². The van der Waals surface area contributed by atoms with Gasteiger partial charge in [0.25, 0.3) is 0 Å². The Labute approximate surface area is 105 Å². The standard InChI is InChI=1S/C14H27N3/c1-2-9-17-10-7-14(12-15,8-11-17)16-13-5-3-4-6-13/h3-4,13,16H,2,5-12,15H2,1H3. The van der Waals surface area contributed by atoms with E-state index in [1.165, 1.54) is 51.7 Å². The number of hydrogen-bond donors (Lipinski definition) is 2. The number of piperidine rings is 1. The first-order chi connectivity index (χ1) is 8.28. The van der Waals surface area contributed by atoms with E-state index in [1.54, 1.807) is 0 Å². The lowest BCUT2D eigenvalue weighted by molar-refractivity contribution is 0.130. The molecule has 0 amide bonds. The van der Waals surface area contributed by atoms with E-state index in [1.807, 2.05) is 0 Å². The summed E-state index contributed by atoms with van der Waals surface area (Å²) in [5.41, 5.74) is 6.24. The highest BCUT2D eigenvalue weighted by Crippen LogP contribution is 2.24. The number of nitrogens with zero attached hydrogens (tertiary/aromatic N) is 1. The van der Waals surface area contributed by atoms with Crippen molar-refractivity contribution in [3.63, 3.8) is 0 Å². The smallest absolute Gasteiger partial charge is 0.0331 e. The van der Waals surface area contributed by atoms with Crippen LogP contribution in [0.5, 0.6) is 0 Å². The van der Waals surface area contributed by atoms with Crippen molar-refractivity contribution in [3.8, 4) is 0 Å². The van der Waals surface area contributed by atoms with Gasteiger partial charge in [-0.1, -0.05) is 19.1 Å². The van der Waals surface area contributed by atoms with Crippen molar-refractivity contribution in [2.75, 3.05) is 26.2 Å². The molecule has 1 saturated heterocycles. The Hall–Kier alpha value is -0.380. The zero-order valence-corrected chi connectivity index (χ0v) is 11.1. The molecular weight excluding hydrogens is 210 g/mol. The van der Waals surface area contributed by atoms with Crippen LogP contribution in [-0.4, -0.2) is 42.7 Å². The van der Waals surface area contributed by atoms with Crippen molar-refractivity contribution >= 4 is 0 Å². The Morgan fingerprint density at radius 2 is 1.94 bits per heavy atom. The molecule has 0 saturated carbocycles. The first-order valence-corrected chi connectivity index (χ1v) is 7.13. The van der Waals surface area contributed by atoms with Crippen LogP contribution in [0.15, 0.2) is 12.2 Å². The zero-order chi connectivity index (χ0) is 12.1. The molecule has 2 rings (SSSR count). The van der Waals surface area contributed by atoms with E-state index in [0.29, 0.717) is 6.04 Å². The van der Waals surface area contributed by atoms with Crippen molar-refractivity contribution in [1.29, 1.82) is 0 Å². The second-order valence-electron chi connectivity index (χ2n) is 5.61. The fourth-order valence-electron chi connectivity index (χ4n) is 3.10. The van der Waals surface area contributed by atoms with E-state index in [-0.39, 0.29) is 5.54 Å². The molecule has 1 heterocycles. The van der Waals surface area contributed by atoms with Crippen LogP contribution < -0.4 is 11.1 Å². The van der Waals surface area contributed by atoms with Crippen LogP contribution in [0.3, 0.4) is 0 Å². The van der Waals surface area contributed by atoms with E-state index < -0.39 is 0 Å². The third-order valence-electron chi connectivity index (χ3n) is 4.26. The van der Waals surface area contributed by atoms with E-state index in [9.17, 15) is 0 Å². The number of rotatable bonds is 5. The average Bonchev–Trinajstić information content (AvgIpc) is 2.85. The number of nitrogens with two attached hydrogens (primary N) is 1. The summed E-state index contributed by atoms with van der Waals surface area (Å²) >= 11 is 0. The molecule has 3 nitrogen and oxygen atoms in total. The molecule has 2 aliphatic rings. The summed E-state index contributed by atoms with van der Waals surface area (Å²) in [6.07, 6.45) is 10.6.